The Morgan fingerprint density at radius 2 is 1.83 bits per heavy atom. The number of nitrogens with one attached hydrogen (secondary N) is 2. The summed E-state index contributed by atoms with van der Waals surface area (Å²) >= 11 is 0. The second-order valence-electron chi connectivity index (χ2n) is 5.70. The van der Waals surface area contributed by atoms with Gasteiger partial charge in [-0.05, 0) is 26.2 Å². The van der Waals surface area contributed by atoms with Crippen LogP contribution in [0.25, 0.3) is 0 Å². The molecule has 0 aromatic heterocycles. The van der Waals surface area contributed by atoms with Crippen LogP contribution in [0.1, 0.15) is 78.1 Å². The number of urea groups is 1. The molecular weight excluding hydrogens is 224 g/mol. The fourth-order valence-corrected chi connectivity index (χ4v) is 2.65. The van der Waals surface area contributed by atoms with Gasteiger partial charge in [-0.25, -0.2) is 4.79 Å². The van der Waals surface area contributed by atoms with Crippen LogP contribution < -0.4 is 10.6 Å². The maximum atomic E-state index is 11.8. The van der Waals surface area contributed by atoms with Crippen LogP contribution in [0.15, 0.2) is 0 Å². The zero-order chi connectivity index (χ0) is 13.2. The van der Waals surface area contributed by atoms with Gasteiger partial charge in [-0.15, -0.1) is 0 Å². The third-order valence-corrected chi connectivity index (χ3v) is 3.81. The normalized spacial score (nSPS) is 19.0. The molecule has 0 aliphatic heterocycles. The monoisotopic (exact) mass is 254 g/mol. The van der Waals surface area contributed by atoms with Gasteiger partial charge in [0.25, 0.3) is 0 Å². The van der Waals surface area contributed by atoms with Crippen LogP contribution in [0.5, 0.6) is 0 Å². The fourth-order valence-electron chi connectivity index (χ4n) is 2.65. The second kappa shape index (κ2) is 9.23. The molecule has 0 spiro atoms. The summed E-state index contributed by atoms with van der Waals surface area (Å²) in [6, 6.07) is 0.726. The molecule has 0 saturated heterocycles. The van der Waals surface area contributed by atoms with E-state index in [1.807, 2.05) is 0 Å². The number of amides is 2. The first kappa shape index (κ1) is 15.3. The molecule has 2 N–H and O–H groups in total. The van der Waals surface area contributed by atoms with Gasteiger partial charge in [-0.2, -0.15) is 0 Å². The topological polar surface area (TPSA) is 41.1 Å². The number of unbranched alkanes of at least 4 members (excludes halogenated alkanes) is 2. The minimum Gasteiger partial charge on any atom is -0.336 e. The van der Waals surface area contributed by atoms with Crippen LogP contribution >= 0.6 is 0 Å². The van der Waals surface area contributed by atoms with Crippen molar-refractivity contribution in [2.45, 2.75) is 90.1 Å². The number of carbonyl (C=O) groups is 1. The van der Waals surface area contributed by atoms with E-state index in [0.717, 1.165) is 19.3 Å². The zero-order valence-corrected chi connectivity index (χ0v) is 12.1. The van der Waals surface area contributed by atoms with Gasteiger partial charge in [0.05, 0.1) is 0 Å². The van der Waals surface area contributed by atoms with E-state index < -0.39 is 0 Å². The number of hydrogen-bond donors (Lipinski definition) is 2. The van der Waals surface area contributed by atoms with Crippen LogP contribution in [0, 0.1) is 0 Å². The van der Waals surface area contributed by atoms with Gasteiger partial charge < -0.3 is 10.6 Å². The summed E-state index contributed by atoms with van der Waals surface area (Å²) in [5, 5.41) is 6.19. The summed E-state index contributed by atoms with van der Waals surface area (Å²) in [5.74, 6) is 0. The Balaban J connectivity index is 2.15. The van der Waals surface area contributed by atoms with E-state index >= 15 is 0 Å². The van der Waals surface area contributed by atoms with E-state index in [1.54, 1.807) is 0 Å². The Kier molecular flexibility index (Phi) is 7.86. The lowest BCUT2D eigenvalue weighted by Gasteiger charge is -2.19. The van der Waals surface area contributed by atoms with E-state index in [-0.39, 0.29) is 6.03 Å². The summed E-state index contributed by atoms with van der Waals surface area (Å²) in [6.45, 7) is 4.30. The molecule has 1 rings (SSSR count). The van der Waals surface area contributed by atoms with Crippen molar-refractivity contribution in [3.63, 3.8) is 0 Å². The third kappa shape index (κ3) is 6.87. The Bertz CT molecular complexity index is 223. The first-order valence-corrected chi connectivity index (χ1v) is 7.79. The second-order valence-corrected chi connectivity index (χ2v) is 5.70. The predicted molar refractivity (Wildman–Crippen MR) is 76.8 cm³/mol. The van der Waals surface area contributed by atoms with Gasteiger partial charge in [0.15, 0.2) is 0 Å². The average Bonchev–Trinajstić information content (AvgIpc) is 2.57. The molecule has 2 amide bonds. The Morgan fingerprint density at radius 3 is 2.44 bits per heavy atom. The summed E-state index contributed by atoms with van der Waals surface area (Å²) in [5.41, 5.74) is 0. The van der Waals surface area contributed by atoms with Gasteiger partial charge in [-0.3, -0.25) is 0 Å². The lowest BCUT2D eigenvalue weighted by atomic mass is 10.1. The van der Waals surface area contributed by atoms with Gasteiger partial charge >= 0.3 is 6.03 Å². The Morgan fingerprint density at radius 1 is 1.17 bits per heavy atom. The summed E-state index contributed by atoms with van der Waals surface area (Å²) < 4.78 is 0. The molecule has 0 aromatic rings. The van der Waals surface area contributed by atoms with Crippen molar-refractivity contribution in [3.05, 3.63) is 0 Å². The van der Waals surface area contributed by atoms with E-state index in [0.29, 0.717) is 12.1 Å². The maximum Gasteiger partial charge on any atom is 0.315 e. The molecule has 1 unspecified atom stereocenters. The van der Waals surface area contributed by atoms with Crippen LogP contribution in [0.4, 0.5) is 4.79 Å². The van der Waals surface area contributed by atoms with Gasteiger partial charge in [0.1, 0.15) is 0 Å². The van der Waals surface area contributed by atoms with Crippen molar-refractivity contribution < 1.29 is 4.79 Å². The van der Waals surface area contributed by atoms with Gasteiger partial charge in [0.2, 0.25) is 0 Å². The first-order chi connectivity index (χ1) is 8.72. The molecule has 0 heterocycles. The number of hydrogen-bond acceptors (Lipinski definition) is 1. The van der Waals surface area contributed by atoms with E-state index in [4.69, 9.17) is 0 Å². The van der Waals surface area contributed by atoms with Crippen LogP contribution in [0.3, 0.4) is 0 Å². The highest BCUT2D eigenvalue weighted by molar-refractivity contribution is 5.74. The highest BCUT2D eigenvalue weighted by atomic mass is 16.2. The zero-order valence-electron chi connectivity index (χ0n) is 12.1. The Hall–Kier alpha value is -0.730. The van der Waals surface area contributed by atoms with Gasteiger partial charge in [0, 0.05) is 12.1 Å². The smallest absolute Gasteiger partial charge is 0.315 e. The van der Waals surface area contributed by atoms with E-state index in [1.165, 1.54) is 44.9 Å². The van der Waals surface area contributed by atoms with Crippen molar-refractivity contribution in [1.82, 2.24) is 10.6 Å². The molecule has 1 saturated carbocycles. The summed E-state index contributed by atoms with van der Waals surface area (Å²) in [4.78, 5) is 11.8. The molecule has 3 heteroatoms. The van der Waals surface area contributed by atoms with Crippen LogP contribution in [0.2, 0.25) is 0 Å². The molecular formula is C15H30N2O. The molecule has 1 aliphatic rings. The highest BCUT2D eigenvalue weighted by Crippen LogP contribution is 2.17. The van der Waals surface area contributed by atoms with Crippen LogP contribution in [-0.4, -0.2) is 18.1 Å². The van der Waals surface area contributed by atoms with Crippen molar-refractivity contribution in [3.8, 4) is 0 Å². The molecule has 1 fully saturated rings. The minimum atomic E-state index is 0.0332. The molecule has 1 aliphatic carbocycles. The number of carbonyl (C=O) groups excluding carboxylic acids is 1. The van der Waals surface area contributed by atoms with Crippen molar-refractivity contribution in [1.29, 1.82) is 0 Å². The lowest BCUT2D eigenvalue weighted by molar-refractivity contribution is 0.231. The molecule has 1 atom stereocenters. The van der Waals surface area contributed by atoms with Gasteiger partial charge in [-0.1, -0.05) is 51.9 Å². The molecule has 18 heavy (non-hydrogen) atoms. The quantitative estimate of drug-likeness (QED) is 0.546. The van der Waals surface area contributed by atoms with Crippen molar-refractivity contribution >= 4 is 6.03 Å². The molecule has 3 nitrogen and oxygen atoms in total. The summed E-state index contributed by atoms with van der Waals surface area (Å²) in [7, 11) is 0. The van der Waals surface area contributed by atoms with E-state index in [9.17, 15) is 4.79 Å². The Labute approximate surface area is 112 Å². The maximum absolute atomic E-state index is 11.8. The molecule has 106 valence electrons. The lowest BCUT2D eigenvalue weighted by Crippen LogP contribution is -2.45. The fraction of sp³-hybridized carbons (Fsp3) is 0.933. The van der Waals surface area contributed by atoms with E-state index in [2.05, 4.69) is 24.5 Å². The predicted octanol–water partition coefficient (Wildman–Crippen LogP) is 3.98. The SMILES string of the molecule is CCCCCC(C)NC(=O)NC1CCCCCC1. The first-order valence-electron chi connectivity index (χ1n) is 7.79. The standard InChI is InChI=1S/C15H30N2O/c1-3-4-7-10-13(2)16-15(18)17-14-11-8-5-6-9-12-14/h13-14H,3-12H2,1-2H3,(H2,16,17,18). The van der Waals surface area contributed by atoms with Crippen molar-refractivity contribution in [2.24, 2.45) is 0 Å². The molecule has 0 radical (unpaired) electrons. The van der Waals surface area contributed by atoms with Crippen molar-refractivity contribution in [2.75, 3.05) is 0 Å². The number of rotatable bonds is 6. The molecule has 0 bridgehead atoms. The minimum absolute atomic E-state index is 0.0332. The molecule has 0 aromatic carbocycles. The largest absolute Gasteiger partial charge is 0.336 e. The average molecular weight is 254 g/mol. The van der Waals surface area contributed by atoms with Crippen LogP contribution in [-0.2, 0) is 0 Å². The highest BCUT2D eigenvalue weighted by Gasteiger charge is 2.15. The third-order valence-electron chi connectivity index (χ3n) is 3.81. The summed E-state index contributed by atoms with van der Waals surface area (Å²) in [6.07, 6.45) is 12.3.